The number of hydrogen-bond acceptors (Lipinski definition) is 5. The number of anilines is 1. The Kier molecular flexibility index (Phi) is 2.36. The number of rotatable bonds is 4. The first-order valence-corrected chi connectivity index (χ1v) is 5.50. The van der Waals surface area contributed by atoms with Crippen molar-refractivity contribution < 1.29 is 4.79 Å². The van der Waals surface area contributed by atoms with Gasteiger partial charge in [-0.25, -0.2) is 15.0 Å². The molecular formula is C10H12N6O. The van der Waals surface area contributed by atoms with Crippen molar-refractivity contribution in [2.24, 2.45) is 0 Å². The molecule has 7 heteroatoms. The van der Waals surface area contributed by atoms with Gasteiger partial charge in [0, 0.05) is 6.04 Å². The predicted octanol–water partition coefficient (Wildman–Crippen LogP) is 0.0434. The van der Waals surface area contributed by atoms with Gasteiger partial charge in [-0.1, -0.05) is 0 Å². The van der Waals surface area contributed by atoms with Gasteiger partial charge in [0.1, 0.15) is 11.8 Å². The SMILES string of the molecule is O=C(CNc1ncnc2nc[nH]c12)NC1CC1. The molecular weight excluding hydrogens is 220 g/mol. The first-order valence-electron chi connectivity index (χ1n) is 5.50. The van der Waals surface area contributed by atoms with Crippen LogP contribution in [0.2, 0.25) is 0 Å². The Hall–Kier alpha value is -2.18. The summed E-state index contributed by atoms with van der Waals surface area (Å²) in [4.78, 5) is 26.5. The number of carbonyl (C=O) groups is 1. The van der Waals surface area contributed by atoms with Gasteiger partial charge in [0.05, 0.1) is 12.9 Å². The normalized spacial score (nSPS) is 14.8. The average Bonchev–Trinajstić information content (AvgIpc) is 3.00. The molecule has 17 heavy (non-hydrogen) atoms. The molecule has 1 aliphatic carbocycles. The molecule has 3 rings (SSSR count). The molecule has 1 aliphatic rings. The van der Waals surface area contributed by atoms with E-state index in [2.05, 4.69) is 30.6 Å². The Morgan fingerprint density at radius 2 is 2.29 bits per heavy atom. The van der Waals surface area contributed by atoms with Crippen LogP contribution >= 0.6 is 0 Å². The Morgan fingerprint density at radius 1 is 1.41 bits per heavy atom. The fourth-order valence-corrected chi connectivity index (χ4v) is 1.57. The van der Waals surface area contributed by atoms with Gasteiger partial charge in [-0.05, 0) is 12.8 Å². The van der Waals surface area contributed by atoms with Crippen LogP contribution in [0.5, 0.6) is 0 Å². The molecule has 0 aromatic carbocycles. The number of aromatic nitrogens is 4. The molecule has 7 nitrogen and oxygen atoms in total. The molecule has 0 unspecified atom stereocenters. The summed E-state index contributed by atoms with van der Waals surface area (Å²) >= 11 is 0. The van der Waals surface area contributed by atoms with Crippen LogP contribution in [-0.2, 0) is 4.79 Å². The second-order valence-electron chi connectivity index (χ2n) is 4.02. The van der Waals surface area contributed by atoms with E-state index in [9.17, 15) is 4.79 Å². The summed E-state index contributed by atoms with van der Waals surface area (Å²) in [6, 6.07) is 0.377. The zero-order chi connectivity index (χ0) is 11.7. The maximum Gasteiger partial charge on any atom is 0.239 e. The first-order chi connectivity index (χ1) is 8.33. The molecule has 88 valence electrons. The third-order valence-corrected chi connectivity index (χ3v) is 2.58. The van der Waals surface area contributed by atoms with Crippen molar-refractivity contribution in [3.63, 3.8) is 0 Å². The zero-order valence-electron chi connectivity index (χ0n) is 9.10. The fourth-order valence-electron chi connectivity index (χ4n) is 1.57. The van der Waals surface area contributed by atoms with Crippen LogP contribution in [0.25, 0.3) is 11.2 Å². The Labute approximate surface area is 97.1 Å². The first kappa shape index (κ1) is 10.0. The number of carbonyl (C=O) groups excluding carboxylic acids is 1. The lowest BCUT2D eigenvalue weighted by Gasteiger charge is -2.06. The summed E-state index contributed by atoms with van der Waals surface area (Å²) in [5.41, 5.74) is 1.30. The number of nitrogens with zero attached hydrogens (tertiary/aromatic N) is 3. The van der Waals surface area contributed by atoms with Gasteiger partial charge in [0.25, 0.3) is 0 Å². The van der Waals surface area contributed by atoms with Crippen molar-refractivity contribution in [3.8, 4) is 0 Å². The van der Waals surface area contributed by atoms with Crippen molar-refractivity contribution in [3.05, 3.63) is 12.7 Å². The van der Waals surface area contributed by atoms with Crippen LogP contribution < -0.4 is 10.6 Å². The number of nitrogens with one attached hydrogen (secondary N) is 3. The minimum absolute atomic E-state index is 0.0150. The summed E-state index contributed by atoms with van der Waals surface area (Å²) in [5.74, 6) is 0.581. The highest BCUT2D eigenvalue weighted by atomic mass is 16.2. The highest BCUT2D eigenvalue weighted by molar-refractivity contribution is 5.86. The molecule has 0 bridgehead atoms. The molecule has 1 fully saturated rings. The lowest BCUT2D eigenvalue weighted by Crippen LogP contribution is -2.31. The quantitative estimate of drug-likeness (QED) is 0.692. The molecule has 1 saturated carbocycles. The van der Waals surface area contributed by atoms with Crippen LogP contribution in [-0.4, -0.2) is 38.4 Å². The highest BCUT2D eigenvalue weighted by Crippen LogP contribution is 2.18. The fraction of sp³-hybridized carbons (Fsp3) is 0.400. The molecule has 1 amide bonds. The Morgan fingerprint density at radius 3 is 3.12 bits per heavy atom. The molecule has 0 atom stereocenters. The second-order valence-corrected chi connectivity index (χ2v) is 4.02. The maximum absolute atomic E-state index is 11.5. The number of imidazole rings is 1. The summed E-state index contributed by atoms with van der Waals surface area (Å²) in [6.45, 7) is 0.210. The highest BCUT2D eigenvalue weighted by Gasteiger charge is 2.23. The van der Waals surface area contributed by atoms with Gasteiger partial charge in [-0.2, -0.15) is 0 Å². The lowest BCUT2D eigenvalue weighted by molar-refractivity contribution is -0.119. The van der Waals surface area contributed by atoms with E-state index < -0.39 is 0 Å². The van der Waals surface area contributed by atoms with Crippen LogP contribution in [0, 0.1) is 0 Å². The topological polar surface area (TPSA) is 95.6 Å². The van der Waals surface area contributed by atoms with Crippen LogP contribution in [0.1, 0.15) is 12.8 Å². The van der Waals surface area contributed by atoms with E-state index in [1.54, 1.807) is 6.33 Å². The molecule has 0 saturated heterocycles. The van der Waals surface area contributed by atoms with Gasteiger partial charge in [-0.15, -0.1) is 0 Å². The van der Waals surface area contributed by atoms with Crippen LogP contribution in [0.15, 0.2) is 12.7 Å². The predicted molar refractivity (Wildman–Crippen MR) is 61.3 cm³/mol. The number of H-pyrrole nitrogens is 1. The zero-order valence-corrected chi connectivity index (χ0v) is 9.10. The van der Waals surface area contributed by atoms with Gasteiger partial charge < -0.3 is 15.6 Å². The van der Waals surface area contributed by atoms with E-state index in [1.165, 1.54) is 6.33 Å². The van der Waals surface area contributed by atoms with Crippen molar-refractivity contribution in [1.29, 1.82) is 0 Å². The molecule has 3 N–H and O–H groups in total. The van der Waals surface area contributed by atoms with Crippen molar-refractivity contribution in [2.45, 2.75) is 18.9 Å². The Balaban J connectivity index is 1.67. The minimum Gasteiger partial charge on any atom is -0.359 e. The third kappa shape index (κ3) is 2.17. The summed E-state index contributed by atoms with van der Waals surface area (Å²) in [5, 5.41) is 5.87. The summed E-state index contributed by atoms with van der Waals surface area (Å²) in [7, 11) is 0. The van der Waals surface area contributed by atoms with E-state index in [1.807, 2.05) is 0 Å². The Bertz CT molecular complexity index is 546. The maximum atomic E-state index is 11.5. The molecule has 2 heterocycles. The smallest absolute Gasteiger partial charge is 0.239 e. The lowest BCUT2D eigenvalue weighted by atomic mass is 10.4. The van der Waals surface area contributed by atoms with Crippen molar-refractivity contribution >= 4 is 22.9 Å². The van der Waals surface area contributed by atoms with E-state index in [-0.39, 0.29) is 12.5 Å². The largest absolute Gasteiger partial charge is 0.359 e. The average molecular weight is 232 g/mol. The van der Waals surface area contributed by atoms with Gasteiger partial charge in [0.2, 0.25) is 5.91 Å². The monoisotopic (exact) mass is 232 g/mol. The molecule has 0 radical (unpaired) electrons. The van der Waals surface area contributed by atoms with Gasteiger partial charge in [0.15, 0.2) is 11.5 Å². The summed E-state index contributed by atoms with van der Waals surface area (Å²) in [6.07, 6.45) is 5.15. The summed E-state index contributed by atoms with van der Waals surface area (Å²) < 4.78 is 0. The van der Waals surface area contributed by atoms with Gasteiger partial charge in [-0.3, -0.25) is 4.79 Å². The number of hydrogen-bond donors (Lipinski definition) is 3. The van der Waals surface area contributed by atoms with E-state index in [0.717, 1.165) is 12.8 Å². The minimum atomic E-state index is -0.0150. The van der Waals surface area contributed by atoms with Crippen LogP contribution in [0.4, 0.5) is 5.82 Å². The molecule has 2 aromatic heterocycles. The van der Waals surface area contributed by atoms with Gasteiger partial charge >= 0.3 is 0 Å². The van der Waals surface area contributed by atoms with E-state index >= 15 is 0 Å². The van der Waals surface area contributed by atoms with E-state index in [4.69, 9.17) is 0 Å². The van der Waals surface area contributed by atoms with Crippen molar-refractivity contribution in [2.75, 3.05) is 11.9 Å². The number of fused-ring (bicyclic) bond motifs is 1. The number of aromatic amines is 1. The number of amides is 1. The molecule has 0 spiro atoms. The molecule has 0 aliphatic heterocycles. The third-order valence-electron chi connectivity index (χ3n) is 2.58. The van der Waals surface area contributed by atoms with E-state index in [0.29, 0.717) is 23.0 Å². The second kappa shape index (κ2) is 4.00. The van der Waals surface area contributed by atoms with Crippen LogP contribution in [0.3, 0.4) is 0 Å². The standard InChI is InChI=1S/C10H12N6O/c17-7(16-6-1-2-6)3-11-9-8-10(13-4-12-8)15-5-14-9/h4-6H,1-3H2,(H,16,17)(H2,11,12,13,14,15). The molecule has 2 aromatic rings. The van der Waals surface area contributed by atoms with Crippen molar-refractivity contribution in [1.82, 2.24) is 25.3 Å².